The van der Waals surface area contributed by atoms with Gasteiger partial charge >= 0.3 is 0 Å². The lowest BCUT2D eigenvalue weighted by molar-refractivity contribution is 0.0740. The number of nitrogens with zero attached hydrogens (tertiary/aromatic N) is 1. The molecule has 0 aliphatic carbocycles. The molecule has 1 unspecified atom stereocenters. The second-order valence-corrected chi connectivity index (χ2v) is 4.74. The predicted octanol–water partition coefficient (Wildman–Crippen LogP) is 2.55. The van der Waals surface area contributed by atoms with Crippen LogP contribution in [0.2, 0.25) is 5.02 Å². The summed E-state index contributed by atoms with van der Waals surface area (Å²) in [6, 6.07) is 5.20. The number of carbonyl (C=O) groups excluding carboxylic acids is 1. The van der Waals surface area contributed by atoms with Crippen LogP contribution in [-0.4, -0.2) is 35.6 Å². The topological polar surface area (TPSA) is 40.5 Å². The highest BCUT2D eigenvalue weighted by atomic mass is 35.5. The van der Waals surface area contributed by atoms with Crippen LogP contribution in [-0.2, 0) is 0 Å². The Morgan fingerprint density at radius 1 is 1.53 bits per heavy atom. The average Bonchev–Trinajstić information content (AvgIpc) is 2.43. The highest BCUT2D eigenvalue weighted by Crippen LogP contribution is 2.18. The van der Waals surface area contributed by atoms with Crippen molar-refractivity contribution in [2.75, 3.05) is 13.7 Å². The van der Waals surface area contributed by atoms with Crippen molar-refractivity contribution in [1.29, 1.82) is 0 Å². The third kappa shape index (κ3) is 3.99. The molecule has 19 heavy (non-hydrogen) atoms. The van der Waals surface area contributed by atoms with E-state index in [1.54, 1.807) is 30.1 Å². The second kappa shape index (κ2) is 7.18. The molecule has 1 aromatic rings. The van der Waals surface area contributed by atoms with Gasteiger partial charge < -0.3 is 10.0 Å². The third-order valence-corrected chi connectivity index (χ3v) is 3.40. The van der Waals surface area contributed by atoms with Gasteiger partial charge in [0.15, 0.2) is 0 Å². The molecule has 0 saturated heterocycles. The van der Waals surface area contributed by atoms with Crippen molar-refractivity contribution >= 4 is 17.5 Å². The highest BCUT2D eigenvalue weighted by molar-refractivity contribution is 6.32. The molecule has 0 aliphatic heterocycles. The molecule has 1 rings (SSSR count). The minimum atomic E-state index is -0.215. The Hall–Kier alpha value is -1.50. The van der Waals surface area contributed by atoms with Gasteiger partial charge in [-0.1, -0.05) is 30.4 Å². The van der Waals surface area contributed by atoms with Crippen molar-refractivity contribution in [1.82, 2.24) is 4.90 Å². The van der Waals surface area contributed by atoms with E-state index < -0.39 is 0 Å². The van der Waals surface area contributed by atoms with Gasteiger partial charge in [0, 0.05) is 24.2 Å². The number of aliphatic hydroxyl groups is 1. The third-order valence-electron chi connectivity index (χ3n) is 3.09. The summed E-state index contributed by atoms with van der Waals surface area (Å²) in [6.45, 7) is 3.82. The molecule has 1 amide bonds. The van der Waals surface area contributed by atoms with Crippen LogP contribution < -0.4 is 0 Å². The number of carbonyl (C=O) groups is 1. The Balaban J connectivity index is 2.98. The lowest BCUT2D eigenvalue weighted by atomic mass is 10.1. The van der Waals surface area contributed by atoms with Gasteiger partial charge in [0.05, 0.1) is 5.02 Å². The van der Waals surface area contributed by atoms with E-state index in [4.69, 9.17) is 16.7 Å². The molecule has 1 atom stereocenters. The summed E-state index contributed by atoms with van der Waals surface area (Å²) >= 11 is 6.07. The SMILES string of the molecule is CCC(C)N(C)C(=O)c1ccc(C#CCO)c(Cl)c1. The minimum Gasteiger partial charge on any atom is -0.384 e. The van der Waals surface area contributed by atoms with Gasteiger partial charge in [-0.25, -0.2) is 0 Å². The van der Waals surface area contributed by atoms with E-state index in [-0.39, 0.29) is 18.6 Å². The normalized spacial score (nSPS) is 11.4. The van der Waals surface area contributed by atoms with Crippen LogP contribution in [0, 0.1) is 11.8 Å². The van der Waals surface area contributed by atoms with E-state index in [0.717, 1.165) is 6.42 Å². The molecular formula is C15H18ClNO2. The number of amides is 1. The molecule has 0 aromatic heterocycles. The molecule has 0 heterocycles. The second-order valence-electron chi connectivity index (χ2n) is 4.33. The van der Waals surface area contributed by atoms with Gasteiger partial charge in [-0.05, 0) is 31.5 Å². The van der Waals surface area contributed by atoms with Crippen molar-refractivity contribution in [3.63, 3.8) is 0 Å². The number of aliphatic hydroxyl groups excluding tert-OH is 1. The molecule has 0 spiro atoms. The van der Waals surface area contributed by atoms with Crippen LogP contribution in [0.4, 0.5) is 0 Å². The summed E-state index contributed by atoms with van der Waals surface area (Å²) in [5.41, 5.74) is 1.15. The first kappa shape index (κ1) is 15.6. The van der Waals surface area contributed by atoms with Crippen molar-refractivity contribution < 1.29 is 9.90 Å². The van der Waals surface area contributed by atoms with Gasteiger partial charge in [-0.3, -0.25) is 4.79 Å². The number of halogens is 1. The zero-order valence-electron chi connectivity index (χ0n) is 11.4. The van der Waals surface area contributed by atoms with Crippen LogP contribution in [0.5, 0.6) is 0 Å². The molecule has 1 aromatic carbocycles. The fourth-order valence-electron chi connectivity index (χ4n) is 1.56. The molecule has 3 nitrogen and oxygen atoms in total. The predicted molar refractivity (Wildman–Crippen MR) is 77.3 cm³/mol. The van der Waals surface area contributed by atoms with Crippen LogP contribution in [0.3, 0.4) is 0 Å². The first-order valence-corrected chi connectivity index (χ1v) is 6.55. The molecule has 102 valence electrons. The monoisotopic (exact) mass is 279 g/mol. The van der Waals surface area contributed by atoms with E-state index in [1.807, 2.05) is 13.8 Å². The van der Waals surface area contributed by atoms with E-state index in [9.17, 15) is 4.79 Å². The maximum Gasteiger partial charge on any atom is 0.253 e. The maximum atomic E-state index is 12.2. The van der Waals surface area contributed by atoms with Crippen molar-refractivity contribution in [3.8, 4) is 11.8 Å². The lowest BCUT2D eigenvalue weighted by Crippen LogP contribution is -2.34. The number of benzene rings is 1. The summed E-state index contributed by atoms with van der Waals surface area (Å²) in [5.74, 6) is 5.21. The van der Waals surface area contributed by atoms with Gasteiger partial charge in [-0.15, -0.1) is 0 Å². The quantitative estimate of drug-likeness (QED) is 0.864. The van der Waals surface area contributed by atoms with Gasteiger partial charge in [0.1, 0.15) is 6.61 Å². The first-order chi connectivity index (χ1) is 9.01. The van der Waals surface area contributed by atoms with E-state index in [1.165, 1.54) is 0 Å². The van der Waals surface area contributed by atoms with Crippen molar-refractivity contribution in [2.24, 2.45) is 0 Å². The summed E-state index contributed by atoms with van der Waals surface area (Å²) in [4.78, 5) is 13.9. The number of hydrogen-bond donors (Lipinski definition) is 1. The van der Waals surface area contributed by atoms with E-state index in [0.29, 0.717) is 16.1 Å². The number of rotatable bonds is 3. The average molecular weight is 280 g/mol. The fraction of sp³-hybridized carbons (Fsp3) is 0.400. The Kier molecular flexibility index (Phi) is 5.88. The summed E-state index contributed by atoms with van der Waals surface area (Å²) in [5, 5.41) is 9.07. The van der Waals surface area contributed by atoms with Crippen LogP contribution in [0.15, 0.2) is 18.2 Å². The van der Waals surface area contributed by atoms with E-state index in [2.05, 4.69) is 11.8 Å². The molecule has 4 heteroatoms. The summed E-state index contributed by atoms with van der Waals surface area (Å²) in [7, 11) is 1.78. The molecule has 0 bridgehead atoms. The minimum absolute atomic E-state index is 0.0575. The first-order valence-electron chi connectivity index (χ1n) is 6.17. The molecule has 0 saturated carbocycles. The van der Waals surface area contributed by atoms with E-state index >= 15 is 0 Å². The smallest absolute Gasteiger partial charge is 0.253 e. The lowest BCUT2D eigenvalue weighted by Gasteiger charge is -2.24. The Morgan fingerprint density at radius 2 is 2.21 bits per heavy atom. The summed E-state index contributed by atoms with van der Waals surface area (Å²) in [6.07, 6.45) is 0.899. The Bertz CT molecular complexity index is 517. The fourth-order valence-corrected chi connectivity index (χ4v) is 1.79. The van der Waals surface area contributed by atoms with Crippen LogP contribution in [0.25, 0.3) is 0 Å². The van der Waals surface area contributed by atoms with Gasteiger partial charge in [0.2, 0.25) is 0 Å². The van der Waals surface area contributed by atoms with Gasteiger partial charge in [-0.2, -0.15) is 0 Å². The zero-order chi connectivity index (χ0) is 14.4. The standard InChI is InChI=1S/C15H18ClNO2/c1-4-11(2)17(3)15(19)13-8-7-12(6-5-9-18)14(16)10-13/h7-8,10-11,18H,4,9H2,1-3H3. The Morgan fingerprint density at radius 3 is 2.74 bits per heavy atom. The highest BCUT2D eigenvalue weighted by Gasteiger charge is 2.16. The molecule has 1 N–H and O–H groups in total. The molecule has 0 radical (unpaired) electrons. The van der Waals surface area contributed by atoms with Crippen LogP contribution in [0.1, 0.15) is 36.2 Å². The molecular weight excluding hydrogens is 262 g/mol. The molecule has 0 fully saturated rings. The maximum absolute atomic E-state index is 12.2. The van der Waals surface area contributed by atoms with Crippen LogP contribution >= 0.6 is 11.6 Å². The van der Waals surface area contributed by atoms with Crippen molar-refractivity contribution in [2.45, 2.75) is 26.3 Å². The van der Waals surface area contributed by atoms with Crippen molar-refractivity contribution in [3.05, 3.63) is 34.3 Å². The zero-order valence-corrected chi connectivity index (χ0v) is 12.2. The van der Waals surface area contributed by atoms with Gasteiger partial charge in [0.25, 0.3) is 5.91 Å². The largest absolute Gasteiger partial charge is 0.384 e. The molecule has 0 aliphatic rings. The Labute approximate surface area is 119 Å². The summed E-state index contributed by atoms with van der Waals surface area (Å²) < 4.78 is 0. The number of hydrogen-bond acceptors (Lipinski definition) is 2.